The number of nitrogens with one attached hydrogen (secondary N) is 3. The molecule has 0 unspecified atom stereocenters. The molecule has 10 heteroatoms. The number of aromatic amines is 2. The van der Waals surface area contributed by atoms with E-state index < -0.39 is 5.56 Å². The van der Waals surface area contributed by atoms with Gasteiger partial charge in [0.25, 0.3) is 11.5 Å². The van der Waals surface area contributed by atoms with E-state index in [1.807, 2.05) is 50.2 Å². The van der Waals surface area contributed by atoms with Crippen molar-refractivity contribution in [3.8, 4) is 5.88 Å². The molecule has 2 heterocycles. The second-order valence-electron chi connectivity index (χ2n) is 5.81. The molecule has 0 fully saturated rings. The van der Waals surface area contributed by atoms with Crippen LogP contribution in [0.2, 0.25) is 0 Å². The van der Waals surface area contributed by atoms with Crippen molar-refractivity contribution in [1.82, 2.24) is 19.9 Å². The molecule has 28 heavy (non-hydrogen) atoms. The highest BCUT2D eigenvalue weighted by atomic mass is 32.1. The lowest BCUT2D eigenvalue weighted by Crippen LogP contribution is -2.15. The molecule has 0 radical (unpaired) electrons. The van der Waals surface area contributed by atoms with Crippen LogP contribution >= 0.6 is 12.2 Å². The third-order valence-electron chi connectivity index (χ3n) is 3.48. The summed E-state index contributed by atoms with van der Waals surface area (Å²) in [6, 6.07) is 11.1. The van der Waals surface area contributed by atoms with Crippen LogP contribution in [0.25, 0.3) is 0 Å². The van der Waals surface area contributed by atoms with Crippen LogP contribution in [0, 0.1) is 18.6 Å². The highest BCUT2D eigenvalue weighted by molar-refractivity contribution is 7.71. The van der Waals surface area contributed by atoms with Gasteiger partial charge in [-0.1, -0.05) is 18.2 Å². The topological polar surface area (TPSA) is 131 Å². The van der Waals surface area contributed by atoms with Crippen LogP contribution in [0.1, 0.15) is 17.0 Å². The summed E-state index contributed by atoms with van der Waals surface area (Å²) in [6.45, 7) is 3.68. The van der Waals surface area contributed by atoms with Gasteiger partial charge in [0.2, 0.25) is 11.8 Å². The second-order valence-corrected chi connectivity index (χ2v) is 6.21. The number of aromatic hydroxyl groups is 1. The molecule has 4 N–H and O–H groups in total. The number of H-pyrrole nitrogens is 2. The molecule has 0 saturated carbocycles. The Morgan fingerprint density at radius 1 is 1.18 bits per heavy atom. The second kappa shape index (κ2) is 8.35. The number of aromatic nitrogens is 4. The number of guanidine groups is 1. The molecular formula is C18H17N7O2S. The van der Waals surface area contributed by atoms with Crippen LogP contribution in [-0.2, 0) is 0 Å². The van der Waals surface area contributed by atoms with E-state index in [0.29, 0.717) is 0 Å². The van der Waals surface area contributed by atoms with Crippen LogP contribution in [-0.4, -0.2) is 37.2 Å². The Kier molecular flexibility index (Phi) is 5.70. The lowest BCUT2D eigenvalue weighted by molar-refractivity contribution is 0.449. The van der Waals surface area contributed by atoms with Crippen molar-refractivity contribution in [2.75, 3.05) is 5.32 Å². The Morgan fingerprint density at radius 2 is 1.86 bits per heavy atom. The van der Waals surface area contributed by atoms with Crippen molar-refractivity contribution < 1.29 is 5.11 Å². The SMILES string of the molecule is Cc1cc(C)nc(N=C(N=Cc2c(O)[nH]c(=S)[nH]c2=O)Nc2ccccc2)n1. The van der Waals surface area contributed by atoms with E-state index in [4.69, 9.17) is 12.2 Å². The van der Waals surface area contributed by atoms with Crippen molar-refractivity contribution in [2.45, 2.75) is 13.8 Å². The lowest BCUT2D eigenvalue weighted by atomic mass is 10.3. The van der Waals surface area contributed by atoms with E-state index in [9.17, 15) is 9.90 Å². The molecule has 0 aliphatic heterocycles. The molecule has 1 aromatic carbocycles. The molecule has 3 aromatic rings. The van der Waals surface area contributed by atoms with E-state index in [-0.39, 0.29) is 28.1 Å². The molecule has 142 valence electrons. The fraction of sp³-hybridized carbons (Fsp3) is 0.111. The first-order chi connectivity index (χ1) is 13.4. The van der Waals surface area contributed by atoms with Gasteiger partial charge in [-0.25, -0.2) is 15.0 Å². The number of anilines is 1. The maximum Gasteiger partial charge on any atom is 0.264 e. The maximum atomic E-state index is 12.0. The summed E-state index contributed by atoms with van der Waals surface area (Å²) < 4.78 is 0.0135. The van der Waals surface area contributed by atoms with E-state index in [0.717, 1.165) is 17.1 Å². The highest BCUT2D eigenvalue weighted by Crippen LogP contribution is 2.11. The predicted octanol–water partition coefficient (Wildman–Crippen LogP) is 2.76. The Morgan fingerprint density at radius 3 is 2.50 bits per heavy atom. The van der Waals surface area contributed by atoms with Gasteiger partial charge in [0, 0.05) is 23.3 Å². The standard InChI is InChI=1S/C18H17N7O2S/c1-10-8-11(2)21-17(20-10)25-16(22-12-6-4-3-5-7-12)19-9-13-14(26)23-18(28)24-15(13)27/h3-9H,1-2H3,(H,20,21,22,25)(H3,23,24,26,27,28). The van der Waals surface area contributed by atoms with Crippen LogP contribution < -0.4 is 10.9 Å². The molecule has 0 aliphatic rings. The number of hydrogen-bond acceptors (Lipinski definition) is 6. The molecule has 9 nitrogen and oxygen atoms in total. The molecular weight excluding hydrogens is 378 g/mol. The normalized spacial score (nSPS) is 11.7. The van der Waals surface area contributed by atoms with Crippen LogP contribution in [0.5, 0.6) is 5.88 Å². The van der Waals surface area contributed by atoms with Crippen molar-refractivity contribution in [3.63, 3.8) is 0 Å². The molecule has 0 bridgehead atoms. The Balaban J connectivity index is 2.02. The molecule has 0 spiro atoms. The average molecular weight is 395 g/mol. The minimum Gasteiger partial charge on any atom is -0.494 e. The fourth-order valence-corrected chi connectivity index (χ4v) is 2.51. The minimum atomic E-state index is -0.577. The van der Waals surface area contributed by atoms with Gasteiger partial charge >= 0.3 is 0 Å². The van der Waals surface area contributed by atoms with E-state index in [1.54, 1.807) is 0 Å². The highest BCUT2D eigenvalue weighted by Gasteiger charge is 2.07. The van der Waals surface area contributed by atoms with E-state index in [2.05, 4.69) is 35.2 Å². The van der Waals surface area contributed by atoms with E-state index >= 15 is 0 Å². The Bertz CT molecular complexity index is 1150. The summed E-state index contributed by atoms with van der Waals surface area (Å²) in [7, 11) is 0. The molecule has 0 saturated heterocycles. The number of rotatable bonds is 3. The molecule has 3 rings (SSSR count). The number of hydrogen-bond donors (Lipinski definition) is 4. The summed E-state index contributed by atoms with van der Waals surface area (Å²) >= 11 is 4.81. The first-order valence-electron chi connectivity index (χ1n) is 8.23. The van der Waals surface area contributed by atoms with Crippen LogP contribution in [0.4, 0.5) is 11.6 Å². The zero-order valence-corrected chi connectivity index (χ0v) is 15.9. The summed E-state index contributed by atoms with van der Waals surface area (Å²) in [5.74, 6) is -0.0321. The van der Waals surface area contributed by atoms with Crippen molar-refractivity contribution >= 4 is 36.0 Å². The Labute approximate surface area is 165 Å². The Hall–Kier alpha value is -3.66. The van der Waals surface area contributed by atoms with Gasteiger partial charge in [-0.15, -0.1) is 0 Å². The maximum absolute atomic E-state index is 12.0. The zero-order chi connectivity index (χ0) is 20.1. The number of nitrogens with zero attached hydrogens (tertiary/aromatic N) is 4. The van der Waals surface area contributed by atoms with Crippen LogP contribution in [0.15, 0.2) is 51.2 Å². The van der Waals surface area contributed by atoms with Gasteiger partial charge in [0.05, 0.1) is 0 Å². The summed E-state index contributed by atoms with van der Waals surface area (Å²) in [6.07, 6.45) is 1.18. The minimum absolute atomic E-state index is 0.0135. The summed E-state index contributed by atoms with van der Waals surface area (Å²) in [5, 5.41) is 13.0. The van der Waals surface area contributed by atoms with Gasteiger partial charge in [0.1, 0.15) is 5.56 Å². The quantitative estimate of drug-likeness (QED) is 0.306. The summed E-state index contributed by atoms with van der Waals surface area (Å²) in [5.41, 5.74) is 1.59. The average Bonchev–Trinajstić information content (AvgIpc) is 2.60. The molecule has 0 aliphatic carbocycles. The predicted molar refractivity (Wildman–Crippen MR) is 110 cm³/mol. The van der Waals surface area contributed by atoms with Crippen molar-refractivity contribution in [2.24, 2.45) is 9.98 Å². The van der Waals surface area contributed by atoms with E-state index in [1.165, 1.54) is 6.21 Å². The molecule has 0 amide bonds. The molecule has 0 atom stereocenters. The number of benzene rings is 1. The third-order valence-corrected chi connectivity index (χ3v) is 3.69. The fourth-order valence-electron chi connectivity index (χ4n) is 2.32. The van der Waals surface area contributed by atoms with Gasteiger partial charge in [-0.2, -0.15) is 4.99 Å². The van der Waals surface area contributed by atoms with Crippen LogP contribution in [0.3, 0.4) is 0 Å². The first-order valence-corrected chi connectivity index (χ1v) is 8.64. The monoisotopic (exact) mass is 395 g/mol. The van der Waals surface area contributed by atoms with Crippen molar-refractivity contribution in [1.29, 1.82) is 0 Å². The first kappa shape index (κ1) is 19.1. The number of aryl methyl sites for hydroxylation is 2. The third kappa shape index (κ3) is 4.95. The number of aliphatic imine (C=N–C) groups is 2. The summed E-state index contributed by atoms with van der Waals surface area (Å²) in [4.78, 5) is 33.9. The van der Waals surface area contributed by atoms with Crippen molar-refractivity contribution in [3.05, 3.63) is 68.5 Å². The smallest absolute Gasteiger partial charge is 0.264 e. The molecule has 2 aromatic heterocycles. The largest absolute Gasteiger partial charge is 0.494 e. The number of para-hydroxylation sites is 1. The van der Waals surface area contributed by atoms with Gasteiger partial charge in [-0.05, 0) is 44.3 Å². The lowest BCUT2D eigenvalue weighted by Gasteiger charge is -2.06. The zero-order valence-electron chi connectivity index (χ0n) is 15.1. The van der Waals surface area contributed by atoms with Gasteiger partial charge in [0.15, 0.2) is 4.77 Å². The van der Waals surface area contributed by atoms with Gasteiger partial charge in [-0.3, -0.25) is 9.78 Å². The van der Waals surface area contributed by atoms with Gasteiger partial charge < -0.3 is 15.4 Å².